The molecule has 0 amide bonds. The van der Waals surface area contributed by atoms with Crippen LogP contribution in [0.2, 0.25) is 0 Å². The normalized spacial score (nSPS) is 12.9. The Balaban J connectivity index is 1.60. The molecule has 0 saturated carbocycles. The van der Waals surface area contributed by atoms with Gasteiger partial charge in [-0.05, 0) is 232 Å². The Hall–Kier alpha value is -12.1. The molecular formula is C120H160O24. The first-order valence-electron chi connectivity index (χ1n) is 50.9. The van der Waals surface area contributed by atoms with E-state index >= 15 is 0 Å². The predicted octanol–water partition coefficient (Wildman–Crippen LogP) is 22.6. The second-order valence-corrected chi connectivity index (χ2v) is 45.2. The molecule has 784 valence electrons. The summed E-state index contributed by atoms with van der Waals surface area (Å²) in [7, 11) is 0. The summed E-state index contributed by atoms with van der Waals surface area (Å²) in [5.74, 6) is -2.43. The van der Waals surface area contributed by atoms with Gasteiger partial charge >= 0.3 is 47.8 Å². The summed E-state index contributed by atoms with van der Waals surface area (Å²) in [6.45, 7) is 60.9. The molecule has 8 aromatic rings. The summed E-state index contributed by atoms with van der Waals surface area (Å²) in [6.07, 6.45) is 0.388. The van der Waals surface area contributed by atoms with E-state index in [0.717, 1.165) is 44.5 Å². The Morgan fingerprint density at radius 3 is 0.299 bits per heavy atom. The molecule has 0 aromatic heterocycles. The van der Waals surface area contributed by atoms with E-state index in [0.29, 0.717) is 135 Å². The largest absolute Gasteiger partial charge is 0.481 e. The van der Waals surface area contributed by atoms with Crippen molar-refractivity contribution in [2.45, 2.75) is 316 Å². The number of hydrogen-bond acceptors (Lipinski definition) is 24. The first-order chi connectivity index (χ1) is 67.3. The van der Waals surface area contributed by atoms with Gasteiger partial charge < -0.3 is 75.8 Å². The lowest BCUT2D eigenvalue weighted by Crippen LogP contribution is -2.21. The number of carbonyl (C=O) groups is 8. The maximum Gasteiger partial charge on any atom is 0.344 e. The zero-order valence-corrected chi connectivity index (χ0v) is 92.0. The minimum absolute atomic E-state index is 0.0485. The van der Waals surface area contributed by atoms with Gasteiger partial charge in [0.25, 0.3) is 0 Å². The van der Waals surface area contributed by atoms with Gasteiger partial charge in [-0.1, -0.05) is 263 Å². The van der Waals surface area contributed by atoms with Gasteiger partial charge in [0.1, 0.15) is 46.0 Å². The third kappa shape index (κ3) is 32.0. The van der Waals surface area contributed by atoms with Crippen LogP contribution < -0.4 is 37.9 Å². The number of esters is 8. The SMILES string of the molecule is CCOC(=O)COc1c2cc(C(C)(C)C)cc1Cc1cc(C(C)(C)C)cc(c1OCC(=O)OCC)Cc1cc(C(C)(C)C)cc(c1OCC(=O)OCC)Cc1cc(C(C)(C)C)cc(c1OCC(=O)OCC)Cc1cc(C(C)(C)C)cc(c1OCC(=O)OCC)Cc1cc(C(C)(C)C)cc(c1OCC(=O)OCC)Cc1cc(C(C)(C)C)cc(c1OCC(=O)OCC)Cc1cc(C(C)(C)C)cc(c1OCC(=O)OCC)C2. The molecule has 0 N–H and O–H groups in total. The number of benzene rings is 8. The van der Waals surface area contributed by atoms with Crippen LogP contribution in [0.3, 0.4) is 0 Å². The molecule has 0 radical (unpaired) electrons. The number of rotatable bonds is 32. The molecule has 0 unspecified atom stereocenters. The van der Waals surface area contributed by atoms with Crippen molar-refractivity contribution in [1.82, 2.24) is 0 Å². The highest BCUT2D eigenvalue weighted by atomic mass is 16.6. The fourth-order valence-corrected chi connectivity index (χ4v) is 17.4. The van der Waals surface area contributed by atoms with Crippen molar-refractivity contribution in [3.05, 3.63) is 231 Å². The van der Waals surface area contributed by atoms with E-state index in [1.165, 1.54) is 0 Å². The van der Waals surface area contributed by atoms with Crippen LogP contribution in [0.15, 0.2) is 97.1 Å². The Morgan fingerprint density at radius 2 is 0.236 bits per heavy atom. The molecule has 0 heterocycles. The zero-order valence-electron chi connectivity index (χ0n) is 92.0. The Morgan fingerprint density at radius 1 is 0.160 bits per heavy atom. The van der Waals surface area contributed by atoms with Gasteiger partial charge in [0, 0.05) is 51.4 Å². The van der Waals surface area contributed by atoms with Gasteiger partial charge in [-0.2, -0.15) is 0 Å². The lowest BCUT2D eigenvalue weighted by Gasteiger charge is -2.29. The number of ether oxygens (including phenoxy) is 16. The number of carbonyl (C=O) groups excluding carboxylic acids is 8. The van der Waals surface area contributed by atoms with Crippen LogP contribution in [-0.2, 0) is 171 Å². The molecule has 8 aromatic carbocycles. The highest BCUT2D eigenvalue weighted by Crippen LogP contribution is 2.49. The van der Waals surface area contributed by atoms with Crippen molar-refractivity contribution in [2.24, 2.45) is 0 Å². The van der Waals surface area contributed by atoms with Crippen molar-refractivity contribution < 1.29 is 114 Å². The lowest BCUT2D eigenvalue weighted by atomic mass is 9.79. The third-order valence-electron chi connectivity index (χ3n) is 25.0. The van der Waals surface area contributed by atoms with Crippen molar-refractivity contribution in [1.29, 1.82) is 0 Å². The summed E-state index contributed by atoms with van der Waals surface area (Å²) in [5, 5.41) is 0. The second kappa shape index (κ2) is 49.2. The molecule has 0 saturated heterocycles. The van der Waals surface area contributed by atoms with Crippen LogP contribution >= 0.6 is 0 Å². The standard InChI is InChI=1S/C120H160O24/c1-33-129-97(121)65-137-105-73-41-75-51-90(114(12,13)14)53-77(106(75)138-66-98(122)130-34-2)43-79-55-92(116(18,19)20)57-81(108(79)140-68-100(124)132-36-4)45-83-59-94(118(24,25)26)61-85(110(83)142-70-102(126)134-38-6)47-87-63-96(120(30,31)32)64-88(112(87)144-72-104(128)136-40-8)48-86-62-95(119(27,28)29)60-84(111(86)143-71-103(127)135-39-7)46-82-58-93(117(21,22)23)56-80(109(82)141-69-101(125)133-37-5)44-78-54-91(115(15,16)17)52-76(107(78)139-67-99(123)131-35-3)42-74(105)50-89(49-73)113(9,10)11/h49-64H,33-48,65-72H2,1-32H3. The van der Waals surface area contributed by atoms with Gasteiger partial charge in [0.05, 0.1) is 52.9 Å². The minimum atomic E-state index is -0.631. The summed E-state index contributed by atoms with van der Waals surface area (Å²) in [4.78, 5) is 114. The van der Waals surface area contributed by atoms with Crippen LogP contribution in [0, 0.1) is 0 Å². The number of fused-ring (bicyclic) bond motifs is 16. The average Bonchev–Trinajstić information content (AvgIpc) is 0.763. The fourth-order valence-electron chi connectivity index (χ4n) is 17.4. The summed E-state index contributed by atoms with van der Waals surface area (Å²) < 4.78 is 102. The molecule has 0 fully saturated rings. The molecule has 24 heteroatoms. The highest BCUT2D eigenvalue weighted by molar-refractivity contribution is 5.77. The van der Waals surface area contributed by atoms with E-state index in [1.54, 1.807) is 55.4 Å². The Bertz CT molecular complexity index is 4640. The first-order valence-corrected chi connectivity index (χ1v) is 50.9. The monoisotopic (exact) mass is 1990 g/mol. The van der Waals surface area contributed by atoms with Crippen molar-refractivity contribution in [2.75, 3.05) is 106 Å². The molecule has 0 spiro atoms. The fraction of sp³-hybridized carbons (Fsp3) is 0.533. The molecular weight excluding hydrogens is 1830 g/mol. The van der Waals surface area contributed by atoms with E-state index in [2.05, 4.69) is 263 Å². The van der Waals surface area contributed by atoms with Gasteiger partial charge in [-0.3, -0.25) is 0 Å². The summed E-state index contributed by atoms with van der Waals surface area (Å²) in [6, 6.07) is 33.4. The van der Waals surface area contributed by atoms with E-state index in [4.69, 9.17) is 75.8 Å². The lowest BCUT2D eigenvalue weighted by molar-refractivity contribution is -0.146. The number of hydrogen-bond donors (Lipinski definition) is 0. The van der Waals surface area contributed by atoms with Gasteiger partial charge in [0.15, 0.2) is 52.9 Å². The second-order valence-electron chi connectivity index (χ2n) is 45.2. The minimum Gasteiger partial charge on any atom is -0.481 e. The zero-order chi connectivity index (χ0) is 107. The molecule has 24 nitrogen and oxygen atoms in total. The highest BCUT2D eigenvalue weighted by Gasteiger charge is 2.36. The van der Waals surface area contributed by atoms with E-state index < -0.39 is 144 Å². The summed E-state index contributed by atoms with van der Waals surface area (Å²) >= 11 is 0. The molecule has 9 rings (SSSR count). The average molecular weight is 1990 g/mol. The quantitative estimate of drug-likeness (QED) is 0.0280. The van der Waals surface area contributed by atoms with Crippen LogP contribution in [-0.4, -0.2) is 153 Å². The molecule has 0 atom stereocenters. The maximum absolute atomic E-state index is 14.2. The molecule has 1 aliphatic rings. The van der Waals surface area contributed by atoms with Gasteiger partial charge in [0.2, 0.25) is 0 Å². The van der Waals surface area contributed by atoms with Gasteiger partial charge in [-0.25, -0.2) is 38.4 Å². The Kier molecular flexibility index (Phi) is 39.5. The molecule has 1 aliphatic carbocycles. The predicted molar refractivity (Wildman–Crippen MR) is 561 cm³/mol. The molecule has 144 heavy (non-hydrogen) atoms. The van der Waals surface area contributed by atoms with Gasteiger partial charge in [-0.15, -0.1) is 0 Å². The van der Waals surface area contributed by atoms with Crippen LogP contribution in [0.4, 0.5) is 0 Å². The van der Waals surface area contributed by atoms with Crippen LogP contribution in [0.25, 0.3) is 0 Å². The first kappa shape index (κ1) is 115. The molecule has 16 bridgehead atoms. The topological polar surface area (TPSA) is 284 Å². The van der Waals surface area contributed by atoms with E-state index in [1.807, 2.05) is 0 Å². The van der Waals surface area contributed by atoms with Crippen molar-refractivity contribution in [3.63, 3.8) is 0 Å². The molecule has 0 aliphatic heterocycles. The summed E-state index contributed by atoms with van der Waals surface area (Å²) in [5.41, 5.74) is 12.2. The Labute approximate surface area is 855 Å². The van der Waals surface area contributed by atoms with E-state index in [-0.39, 0.29) is 104 Å². The van der Waals surface area contributed by atoms with Crippen LogP contribution in [0.5, 0.6) is 46.0 Å². The van der Waals surface area contributed by atoms with Crippen molar-refractivity contribution in [3.8, 4) is 46.0 Å². The third-order valence-corrected chi connectivity index (χ3v) is 25.0. The van der Waals surface area contributed by atoms with Crippen LogP contribution in [0.1, 0.15) is 355 Å². The smallest absolute Gasteiger partial charge is 0.344 e. The maximum atomic E-state index is 14.2. The van der Waals surface area contributed by atoms with Crippen molar-refractivity contribution >= 4 is 47.8 Å². The van der Waals surface area contributed by atoms with E-state index in [9.17, 15) is 38.4 Å².